The number of ether oxygens (including phenoxy) is 1. The summed E-state index contributed by atoms with van der Waals surface area (Å²) in [7, 11) is 0. The topological polar surface area (TPSA) is 9.23 Å². The summed E-state index contributed by atoms with van der Waals surface area (Å²) in [5, 5.41) is 0. The van der Waals surface area contributed by atoms with E-state index in [9.17, 15) is 0 Å². The first kappa shape index (κ1) is 6.71. The Morgan fingerprint density at radius 2 is 2.00 bits per heavy atom. The van der Waals surface area contributed by atoms with Crippen molar-refractivity contribution in [1.29, 1.82) is 0 Å². The maximum Gasteiger partial charge on any atom is 0.130 e. The zero-order valence-electron chi connectivity index (χ0n) is 6.87. The number of rotatable bonds is 1. The summed E-state index contributed by atoms with van der Waals surface area (Å²) in [6.07, 6.45) is 0.339. The summed E-state index contributed by atoms with van der Waals surface area (Å²) in [6.45, 7) is 4.36. The van der Waals surface area contributed by atoms with Gasteiger partial charge in [-0.05, 0) is 12.0 Å². The van der Waals surface area contributed by atoms with Gasteiger partial charge in [0.15, 0.2) is 0 Å². The largest absolute Gasteiger partial charge is 0.485 e. The van der Waals surface area contributed by atoms with E-state index in [2.05, 4.69) is 26.0 Å². The van der Waals surface area contributed by atoms with Crippen molar-refractivity contribution in [1.82, 2.24) is 0 Å². The first-order valence-electron chi connectivity index (χ1n) is 4.04. The van der Waals surface area contributed by atoms with E-state index >= 15 is 0 Å². The van der Waals surface area contributed by atoms with Crippen molar-refractivity contribution in [2.24, 2.45) is 5.92 Å². The quantitative estimate of drug-likeness (QED) is 0.595. The summed E-state index contributed by atoms with van der Waals surface area (Å²) in [4.78, 5) is 0. The monoisotopic (exact) mass is 148 g/mol. The van der Waals surface area contributed by atoms with E-state index in [1.54, 1.807) is 0 Å². The third-order valence-corrected chi connectivity index (χ3v) is 2.08. The van der Waals surface area contributed by atoms with Crippen LogP contribution in [0.1, 0.15) is 25.5 Å². The molecule has 0 bridgehead atoms. The number of para-hydroxylation sites is 1. The van der Waals surface area contributed by atoms with Crippen molar-refractivity contribution < 1.29 is 4.74 Å². The molecule has 0 saturated heterocycles. The second kappa shape index (κ2) is 2.26. The van der Waals surface area contributed by atoms with Crippen molar-refractivity contribution in [3.63, 3.8) is 0 Å². The lowest BCUT2D eigenvalue weighted by atomic mass is 9.94. The summed E-state index contributed by atoms with van der Waals surface area (Å²) >= 11 is 0. The minimum atomic E-state index is 0.339. The van der Waals surface area contributed by atoms with Gasteiger partial charge in [0, 0.05) is 5.56 Å². The molecule has 0 spiro atoms. The van der Waals surface area contributed by atoms with Gasteiger partial charge >= 0.3 is 0 Å². The van der Waals surface area contributed by atoms with Crippen LogP contribution < -0.4 is 4.74 Å². The van der Waals surface area contributed by atoms with Gasteiger partial charge in [-0.2, -0.15) is 0 Å². The molecule has 1 aromatic rings. The SMILES string of the molecule is CC(C)C1Oc2ccccc21. The van der Waals surface area contributed by atoms with E-state index in [4.69, 9.17) is 4.74 Å². The first-order chi connectivity index (χ1) is 5.29. The average Bonchev–Trinajstić information content (AvgIpc) is 1.90. The van der Waals surface area contributed by atoms with Gasteiger partial charge in [0.25, 0.3) is 0 Å². The molecule has 11 heavy (non-hydrogen) atoms. The molecule has 1 nitrogen and oxygen atoms in total. The molecule has 0 saturated carbocycles. The van der Waals surface area contributed by atoms with Crippen molar-refractivity contribution >= 4 is 0 Å². The van der Waals surface area contributed by atoms with E-state index in [-0.39, 0.29) is 0 Å². The van der Waals surface area contributed by atoms with Crippen molar-refractivity contribution in [2.75, 3.05) is 0 Å². The molecule has 2 rings (SSSR count). The zero-order chi connectivity index (χ0) is 7.84. The van der Waals surface area contributed by atoms with Gasteiger partial charge in [0.2, 0.25) is 0 Å². The Balaban J connectivity index is 2.29. The number of hydrogen-bond donors (Lipinski definition) is 0. The molecule has 0 N–H and O–H groups in total. The van der Waals surface area contributed by atoms with Crippen LogP contribution in [0, 0.1) is 5.92 Å². The normalized spacial score (nSPS) is 20.5. The smallest absolute Gasteiger partial charge is 0.130 e. The highest BCUT2D eigenvalue weighted by atomic mass is 16.5. The third kappa shape index (κ3) is 0.917. The number of hydrogen-bond acceptors (Lipinski definition) is 1. The van der Waals surface area contributed by atoms with Gasteiger partial charge < -0.3 is 4.74 Å². The van der Waals surface area contributed by atoms with Gasteiger partial charge in [-0.1, -0.05) is 32.0 Å². The van der Waals surface area contributed by atoms with E-state index in [1.807, 2.05) is 12.1 Å². The van der Waals surface area contributed by atoms with Crippen LogP contribution in [0.4, 0.5) is 0 Å². The van der Waals surface area contributed by atoms with Crippen LogP contribution in [-0.4, -0.2) is 0 Å². The summed E-state index contributed by atoms with van der Waals surface area (Å²) < 4.78 is 5.55. The van der Waals surface area contributed by atoms with E-state index in [0.717, 1.165) is 5.75 Å². The highest BCUT2D eigenvalue weighted by Gasteiger charge is 2.29. The summed E-state index contributed by atoms with van der Waals surface area (Å²) in [5.41, 5.74) is 1.36. The van der Waals surface area contributed by atoms with E-state index in [0.29, 0.717) is 12.0 Å². The molecular weight excluding hydrogens is 136 g/mol. The molecule has 1 aliphatic heterocycles. The molecule has 58 valence electrons. The molecule has 0 fully saturated rings. The lowest BCUT2D eigenvalue weighted by molar-refractivity contribution is 0.0999. The van der Waals surface area contributed by atoms with Crippen LogP contribution in [0.2, 0.25) is 0 Å². The Morgan fingerprint density at radius 3 is 2.64 bits per heavy atom. The molecule has 1 heterocycles. The molecule has 0 radical (unpaired) electrons. The minimum Gasteiger partial charge on any atom is -0.485 e. The van der Waals surface area contributed by atoms with Crippen LogP contribution >= 0.6 is 0 Å². The molecule has 1 heteroatoms. The second-order valence-corrected chi connectivity index (χ2v) is 3.32. The Bertz CT molecular complexity index is 265. The van der Waals surface area contributed by atoms with Crippen LogP contribution in [0.3, 0.4) is 0 Å². The van der Waals surface area contributed by atoms with Crippen LogP contribution in [-0.2, 0) is 0 Å². The van der Waals surface area contributed by atoms with Gasteiger partial charge in [-0.15, -0.1) is 0 Å². The number of benzene rings is 1. The maximum atomic E-state index is 5.55. The van der Waals surface area contributed by atoms with E-state index in [1.165, 1.54) is 5.56 Å². The zero-order valence-corrected chi connectivity index (χ0v) is 6.87. The van der Waals surface area contributed by atoms with Crippen LogP contribution in [0.15, 0.2) is 24.3 Å². The molecule has 1 aromatic carbocycles. The van der Waals surface area contributed by atoms with Crippen molar-refractivity contribution in [3.8, 4) is 5.75 Å². The summed E-state index contributed by atoms with van der Waals surface area (Å²) in [5.74, 6) is 1.65. The lowest BCUT2D eigenvalue weighted by Gasteiger charge is -2.33. The van der Waals surface area contributed by atoms with E-state index < -0.39 is 0 Å². The molecule has 1 aliphatic rings. The lowest BCUT2D eigenvalue weighted by Crippen LogP contribution is -2.23. The van der Waals surface area contributed by atoms with Crippen LogP contribution in [0.5, 0.6) is 5.75 Å². The fourth-order valence-corrected chi connectivity index (χ4v) is 1.46. The second-order valence-electron chi connectivity index (χ2n) is 3.32. The Hall–Kier alpha value is -0.980. The van der Waals surface area contributed by atoms with Crippen molar-refractivity contribution in [3.05, 3.63) is 29.8 Å². The predicted molar refractivity (Wildman–Crippen MR) is 44.6 cm³/mol. The molecule has 0 aromatic heterocycles. The first-order valence-corrected chi connectivity index (χ1v) is 4.04. The number of fused-ring (bicyclic) bond motifs is 1. The maximum absolute atomic E-state index is 5.55. The van der Waals surface area contributed by atoms with Gasteiger partial charge in [0.05, 0.1) is 0 Å². The molecule has 0 amide bonds. The van der Waals surface area contributed by atoms with Crippen molar-refractivity contribution in [2.45, 2.75) is 20.0 Å². The molecule has 1 atom stereocenters. The third-order valence-electron chi connectivity index (χ3n) is 2.08. The highest BCUT2D eigenvalue weighted by molar-refractivity contribution is 5.41. The average molecular weight is 148 g/mol. The van der Waals surface area contributed by atoms with Gasteiger partial charge in [-0.3, -0.25) is 0 Å². The summed E-state index contributed by atoms with van der Waals surface area (Å²) in [6, 6.07) is 8.24. The fraction of sp³-hybridized carbons (Fsp3) is 0.400. The molecule has 1 unspecified atom stereocenters. The standard InChI is InChI=1S/C10H12O/c1-7(2)10-8-5-3-4-6-9(8)11-10/h3-7,10H,1-2H3. The minimum absolute atomic E-state index is 0.339. The highest BCUT2D eigenvalue weighted by Crippen LogP contribution is 2.42. The Labute approximate surface area is 67.0 Å². The fourth-order valence-electron chi connectivity index (χ4n) is 1.46. The Kier molecular flexibility index (Phi) is 1.38. The molecular formula is C10H12O. The predicted octanol–water partition coefficient (Wildman–Crippen LogP) is 2.78. The molecule has 0 aliphatic carbocycles. The van der Waals surface area contributed by atoms with Gasteiger partial charge in [-0.25, -0.2) is 0 Å². The van der Waals surface area contributed by atoms with Gasteiger partial charge in [0.1, 0.15) is 11.9 Å². The van der Waals surface area contributed by atoms with Crippen LogP contribution in [0.25, 0.3) is 0 Å². The Morgan fingerprint density at radius 1 is 1.27 bits per heavy atom.